The molecular weight excluding hydrogens is 224 g/mol. The minimum absolute atomic E-state index is 0.146. The predicted molar refractivity (Wildman–Crippen MR) is 59.8 cm³/mol. The summed E-state index contributed by atoms with van der Waals surface area (Å²) >= 11 is 0.982. The standard InChI is InChI=1S/C11H6N2O2S/c12-11-7-8(14)5-3-1-2-4-6(5)9(15)10(7)16-13-11/h1-4H,(H2,12,13). The smallest absolute Gasteiger partial charge is 0.206 e. The minimum Gasteiger partial charge on any atom is -0.382 e. The number of benzene rings is 1. The van der Waals surface area contributed by atoms with Gasteiger partial charge in [0.15, 0.2) is 5.78 Å². The Hall–Kier alpha value is -2.01. The molecule has 0 saturated carbocycles. The van der Waals surface area contributed by atoms with Crippen LogP contribution in [0.25, 0.3) is 0 Å². The summed E-state index contributed by atoms with van der Waals surface area (Å²) in [5.41, 5.74) is 6.70. The highest BCUT2D eigenvalue weighted by atomic mass is 32.1. The number of nitrogens with zero attached hydrogens (tertiary/aromatic N) is 1. The largest absolute Gasteiger partial charge is 0.382 e. The molecule has 2 N–H and O–H groups in total. The first-order valence-corrected chi connectivity index (χ1v) is 5.41. The van der Waals surface area contributed by atoms with E-state index in [4.69, 9.17) is 5.73 Å². The summed E-state index contributed by atoms with van der Waals surface area (Å²) in [7, 11) is 0. The second-order valence-electron chi connectivity index (χ2n) is 3.48. The van der Waals surface area contributed by atoms with Crippen LogP contribution in [-0.2, 0) is 0 Å². The molecule has 0 atom stereocenters. The Bertz CT molecular complexity index is 631. The molecule has 0 spiro atoms. The Labute approximate surface area is 94.9 Å². The zero-order valence-electron chi connectivity index (χ0n) is 8.06. The summed E-state index contributed by atoms with van der Waals surface area (Å²) in [6.07, 6.45) is 0. The van der Waals surface area contributed by atoms with E-state index in [1.54, 1.807) is 24.3 Å². The second kappa shape index (κ2) is 2.99. The first kappa shape index (κ1) is 9.23. The van der Waals surface area contributed by atoms with Crippen LogP contribution in [0.15, 0.2) is 24.3 Å². The minimum atomic E-state index is -0.212. The van der Waals surface area contributed by atoms with Crippen LogP contribution < -0.4 is 5.73 Å². The molecule has 0 fully saturated rings. The first-order valence-electron chi connectivity index (χ1n) is 4.63. The van der Waals surface area contributed by atoms with Crippen molar-refractivity contribution < 1.29 is 9.59 Å². The number of aromatic nitrogens is 1. The molecule has 1 aromatic carbocycles. The summed E-state index contributed by atoms with van der Waals surface area (Å²) in [5, 5.41) is 0. The van der Waals surface area contributed by atoms with E-state index < -0.39 is 0 Å². The van der Waals surface area contributed by atoms with Crippen LogP contribution in [0, 0.1) is 0 Å². The van der Waals surface area contributed by atoms with Crippen molar-refractivity contribution in [3.05, 3.63) is 45.8 Å². The van der Waals surface area contributed by atoms with Gasteiger partial charge in [-0.25, -0.2) is 0 Å². The Morgan fingerprint density at radius 3 is 2.38 bits per heavy atom. The first-order chi connectivity index (χ1) is 7.70. The van der Waals surface area contributed by atoms with E-state index in [2.05, 4.69) is 4.37 Å². The molecule has 1 aromatic heterocycles. The predicted octanol–water partition coefficient (Wildman–Crippen LogP) is 1.50. The molecule has 1 aliphatic carbocycles. The van der Waals surface area contributed by atoms with Gasteiger partial charge in [0, 0.05) is 11.1 Å². The van der Waals surface area contributed by atoms with Crippen molar-refractivity contribution in [3.63, 3.8) is 0 Å². The fraction of sp³-hybridized carbons (Fsp3) is 0. The molecule has 0 amide bonds. The fourth-order valence-corrected chi connectivity index (χ4v) is 2.58. The molecule has 0 bridgehead atoms. The van der Waals surface area contributed by atoms with Crippen LogP contribution in [0.3, 0.4) is 0 Å². The number of hydrogen-bond donors (Lipinski definition) is 1. The van der Waals surface area contributed by atoms with Crippen molar-refractivity contribution >= 4 is 28.9 Å². The van der Waals surface area contributed by atoms with Crippen LogP contribution >= 0.6 is 11.5 Å². The molecule has 1 heterocycles. The lowest BCUT2D eigenvalue weighted by Gasteiger charge is -2.12. The summed E-state index contributed by atoms with van der Waals surface area (Å²) in [5.74, 6) is -0.233. The molecule has 5 heteroatoms. The molecular formula is C11H6N2O2S. The maximum Gasteiger partial charge on any atom is 0.206 e. The Morgan fingerprint density at radius 1 is 1.06 bits per heavy atom. The van der Waals surface area contributed by atoms with Crippen molar-refractivity contribution in [1.82, 2.24) is 4.37 Å². The van der Waals surface area contributed by atoms with Crippen molar-refractivity contribution in [2.24, 2.45) is 0 Å². The van der Waals surface area contributed by atoms with E-state index in [9.17, 15) is 9.59 Å². The van der Waals surface area contributed by atoms with E-state index in [-0.39, 0.29) is 22.9 Å². The van der Waals surface area contributed by atoms with Crippen molar-refractivity contribution in [2.45, 2.75) is 0 Å². The highest BCUT2D eigenvalue weighted by Gasteiger charge is 2.33. The van der Waals surface area contributed by atoms with Gasteiger partial charge >= 0.3 is 0 Å². The van der Waals surface area contributed by atoms with Crippen LogP contribution in [0.1, 0.15) is 31.2 Å². The number of carbonyl (C=O) groups excluding carboxylic acids is 2. The number of ketones is 2. The van der Waals surface area contributed by atoms with Crippen molar-refractivity contribution in [3.8, 4) is 0 Å². The number of anilines is 1. The second-order valence-corrected chi connectivity index (χ2v) is 4.25. The van der Waals surface area contributed by atoms with Gasteiger partial charge in [0.05, 0.1) is 5.56 Å². The highest BCUT2D eigenvalue weighted by molar-refractivity contribution is 7.09. The molecule has 16 heavy (non-hydrogen) atoms. The van der Waals surface area contributed by atoms with E-state index in [1.165, 1.54) is 0 Å². The average Bonchev–Trinajstić information content (AvgIpc) is 2.69. The van der Waals surface area contributed by atoms with E-state index in [0.717, 1.165) is 11.5 Å². The van der Waals surface area contributed by atoms with Crippen molar-refractivity contribution in [1.29, 1.82) is 0 Å². The molecule has 4 nitrogen and oxygen atoms in total. The van der Waals surface area contributed by atoms with Crippen LogP contribution in [0.4, 0.5) is 5.82 Å². The third-order valence-electron chi connectivity index (χ3n) is 2.57. The Morgan fingerprint density at radius 2 is 1.69 bits per heavy atom. The third kappa shape index (κ3) is 1.00. The lowest BCUT2D eigenvalue weighted by atomic mass is 9.89. The number of nitrogen functional groups attached to an aromatic ring is 1. The van der Waals surface area contributed by atoms with Gasteiger partial charge in [0.2, 0.25) is 5.78 Å². The molecule has 0 radical (unpaired) electrons. The summed E-state index contributed by atoms with van der Waals surface area (Å²) in [6.45, 7) is 0. The molecule has 0 saturated heterocycles. The van der Waals surface area contributed by atoms with E-state index in [1.807, 2.05) is 0 Å². The number of fused-ring (bicyclic) bond motifs is 2. The van der Waals surface area contributed by atoms with Crippen LogP contribution in [-0.4, -0.2) is 15.9 Å². The summed E-state index contributed by atoms with van der Waals surface area (Å²) < 4.78 is 3.86. The van der Waals surface area contributed by atoms with Gasteiger partial charge in [-0.1, -0.05) is 24.3 Å². The molecule has 0 aliphatic heterocycles. The summed E-state index contributed by atoms with van der Waals surface area (Å²) in [4.78, 5) is 24.4. The number of carbonyl (C=O) groups is 2. The topological polar surface area (TPSA) is 73.0 Å². The quantitative estimate of drug-likeness (QED) is 0.635. The molecule has 3 rings (SSSR count). The molecule has 1 aliphatic rings. The zero-order valence-corrected chi connectivity index (χ0v) is 8.88. The van der Waals surface area contributed by atoms with Crippen LogP contribution in [0.2, 0.25) is 0 Å². The van der Waals surface area contributed by atoms with E-state index in [0.29, 0.717) is 16.0 Å². The molecule has 2 aromatic rings. The van der Waals surface area contributed by atoms with Gasteiger partial charge in [0.25, 0.3) is 0 Å². The van der Waals surface area contributed by atoms with Gasteiger partial charge in [0.1, 0.15) is 10.7 Å². The summed E-state index contributed by atoms with van der Waals surface area (Å²) in [6, 6.07) is 6.74. The highest BCUT2D eigenvalue weighted by Crippen LogP contribution is 2.32. The maximum atomic E-state index is 12.1. The monoisotopic (exact) mass is 230 g/mol. The maximum absolute atomic E-state index is 12.1. The lowest BCUT2D eigenvalue weighted by molar-refractivity contribution is 0.0983. The normalized spacial score (nSPS) is 13.5. The Kier molecular flexibility index (Phi) is 1.73. The average molecular weight is 230 g/mol. The lowest BCUT2D eigenvalue weighted by Crippen LogP contribution is -2.19. The number of nitrogens with two attached hydrogens (primary N) is 1. The molecule has 0 unspecified atom stereocenters. The van der Waals surface area contributed by atoms with Crippen LogP contribution in [0.5, 0.6) is 0 Å². The van der Waals surface area contributed by atoms with Crippen molar-refractivity contribution in [2.75, 3.05) is 5.73 Å². The van der Waals surface area contributed by atoms with Gasteiger partial charge in [-0.15, -0.1) is 0 Å². The number of rotatable bonds is 0. The fourth-order valence-electron chi connectivity index (χ4n) is 1.81. The number of hydrogen-bond acceptors (Lipinski definition) is 5. The third-order valence-corrected chi connectivity index (χ3v) is 3.43. The van der Waals surface area contributed by atoms with Gasteiger partial charge in [-0.3, -0.25) is 9.59 Å². The van der Waals surface area contributed by atoms with E-state index >= 15 is 0 Å². The SMILES string of the molecule is Nc1nsc2c1C(=O)c1ccccc1C2=O. The van der Waals surface area contributed by atoms with Gasteiger partial charge in [-0.2, -0.15) is 4.37 Å². The molecule has 78 valence electrons. The van der Waals surface area contributed by atoms with Gasteiger partial charge < -0.3 is 5.73 Å². The zero-order chi connectivity index (χ0) is 11.3. The van der Waals surface area contributed by atoms with Gasteiger partial charge in [-0.05, 0) is 11.5 Å². The Balaban J connectivity index is 2.36.